The Morgan fingerprint density at radius 3 is 2.38 bits per heavy atom. The maximum Gasteiger partial charge on any atom is 0.223 e. The minimum Gasteiger partial charge on any atom is -0.355 e. The van der Waals surface area contributed by atoms with Gasteiger partial charge in [0.25, 0.3) is 0 Å². The fraction of sp³-hybridized carbons (Fsp3) is 0.667. The number of carbonyl (C=O) groups excluding carboxylic acids is 1. The highest BCUT2D eigenvalue weighted by molar-refractivity contribution is 5.85. The van der Waals surface area contributed by atoms with Crippen LogP contribution in [0.1, 0.15) is 56.9 Å². The third kappa shape index (κ3) is 3.77. The molecule has 1 spiro atoms. The molecule has 0 radical (unpaired) electrons. The highest BCUT2D eigenvalue weighted by Crippen LogP contribution is 2.58. The number of rotatable bonds is 4. The second-order valence-electron chi connectivity index (χ2n) is 8.43. The van der Waals surface area contributed by atoms with Crippen molar-refractivity contribution in [1.29, 1.82) is 0 Å². The van der Waals surface area contributed by atoms with Crippen molar-refractivity contribution in [1.82, 2.24) is 10.6 Å². The van der Waals surface area contributed by atoms with Gasteiger partial charge in [-0.05, 0) is 68.3 Å². The zero-order chi connectivity index (χ0) is 17.3. The third-order valence-corrected chi connectivity index (χ3v) is 6.97. The molecule has 2 saturated carbocycles. The number of hydrogen-bond acceptors (Lipinski definition) is 2. The monoisotopic (exact) mass is 380 g/mol. The van der Waals surface area contributed by atoms with Crippen molar-refractivity contribution < 1.29 is 9.18 Å². The molecule has 1 atom stereocenters. The Morgan fingerprint density at radius 2 is 1.73 bits per heavy atom. The third-order valence-electron chi connectivity index (χ3n) is 6.97. The minimum absolute atomic E-state index is 0. The van der Waals surface area contributed by atoms with Gasteiger partial charge in [0, 0.05) is 17.9 Å². The normalized spacial score (nSPS) is 26.0. The van der Waals surface area contributed by atoms with Crippen molar-refractivity contribution in [2.45, 2.75) is 56.8 Å². The molecular formula is C21H30ClFN2O. The average Bonchev–Trinajstić information content (AvgIpc) is 3.34. The topological polar surface area (TPSA) is 41.1 Å². The molecule has 3 nitrogen and oxygen atoms in total. The Labute approximate surface area is 161 Å². The van der Waals surface area contributed by atoms with Crippen LogP contribution in [0.15, 0.2) is 24.3 Å². The van der Waals surface area contributed by atoms with E-state index in [9.17, 15) is 9.18 Å². The number of carbonyl (C=O) groups is 1. The van der Waals surface area contributed by atoms with Crippen LogP contribution >= 0.6 is 12.4 Å². The lowest BCUT2D eigenvalue weighted by Crippen LogP contribution is -2.43. The molecular weight excluding hydrogens is 351 g/mol. The Hall–Kier alpha value is -1.13. The van der Waals surface area contributed by atoms with Gasteiger partial charge in [-0.3, -0.25) is 4.79 Å². The zero-order valence-electron chi connectivity index (χ0n) is 15.4. The van der Waals surface area contributed by atoms with Gasteiger partial charge in [-0.1, -0.05) is 31.4 Å². The standard InChI is InChI=1S/C21H29FN2O.ClH/c22-17-6-4-16(5-7-17)21(8-2-1-3-9-21)15-24-19(25)18-14-20(18)10-12-23-13-11-20;/h4-7,18,23H,1-3,8-15H2,(H,24,25);1H. The van der Waals surface area contributed by atoms with Crippen LogP contribution in [0, 0.1) is 17.2 Å². The second kappa shape index (κ2) is 7.85. The summed E-state index contributed by atoms with van der Waals surface area (Å²) in [5, 5.41) is 6.68. The molecule has 1 aromatic carbocycles. The highest BCUT2D eigenvalue weighted by atomic mass is 35.5. The van der Waals surface area contributed by atoms with E-state index < -0.39 is 0 Å². The van der Waals surface area contributed by atoms with Crippen molar-refractivity contribution in [3.63, 3.8) is 0 Å². The van der Waals surface area contributed by atoms with Gasteiger partial charge in [0.2, 0.25) is 5.91 Å². The fourth-order valence-electron chi connectivity index (χ4n) is 5.17. The van der Waals surface area contributed by atoms with Crippen molar-refractivity contribution in [2.24, 2.45) is 11.3 Å². The first kappa shape index (κ1) is 19.6. The summed E-state index contributed by atoms with van der Waals surface area (Å²) in [5.41, 5.74) is 1.45. The number of amides is 1. The van der Waals surface area contributed by atoms with Gasteiger partial charge in [0.05, 0.1) is 0 Å². The second-order valence-corrected chi connectivity index (χ2v) is 8.43. The predicted octanol–water partition coefficient (Wildman–Crippen LogP) is 3.96. The largest absolute Gasteiger partial charge is 0.355 e. The Morgan fingerprint density at radius 1 is 1.08 bits per heavy atom. The van der Waals surface area contributed by atoms with Gasteiger partial charge in [-0.15, -0.1) is 12.4 Å². The van der Waals surface area contributed by atoms with Gasteiger partial charge < -0.3 is 10.6 Å². The first-order valence-electron chi connectivity index (χ1n) is 9.88. The van der Waals surface area contributed by atoms with E-state index in [2.05, 4.69) is 10.6 Å². The molecule has 2 aliphatic carbocycles. The number of hydrogen-bond donors (Lipinski definition) is 2. The van der Waals surface area contributed by atoms with Crippen LogP contribution in [0.4, 0.5) is 4.39 Å². The maximum atomic E-state index is 13.3. The summed E-state index contributed by atoms with van der Waals surface area (Å²) in [6.45, 7) is 2.79. The molecule has 3 fully saturated rings. The summed E-state index contributed by atoms with van der Waals surface area (Å²) in [7, 11) is 0. The van der Waals surface area contributed by atoms with Crippen LogP contribution in [0.2, 0.25) is 0 Å². The molecule has 5 heteroatoms. The summed E-state index contributed by atoms with van der Waals surface area (Å²) >= 11 is 0. The molecule has 1 amide bonds. The number of benzene rings is 1. The minimum atomic E-state index is -0.190. The van der Waals surface area contributed by atoms with Gasteiger partial charge in [0.15, 0.2) is 0 Å². The molecule has 1 aromatic rings. The van der Waals surface area contributed by atoms with Crippen LogP contribution in [0.25, 0.3) is 0 Å². The van der Waals surface area contributed by atoms with E-state index in [1.54, 1.807) is 12.1 Å². The average molecular weight is 381 g/mol. The van der Waals surface area contributed by atoms with Gasteiger partial charge >= 0.3 is 0 Å². The molecule has 4 rings (SSSR count). The van der Waals surface area contributed by atoms with Crippen molar-refractivity contribution in [2.75, 3.05) is 19.6 Å². The summed E-state index contributed by atoms with van der Waals surface area (Å²) in [6.07, 6.45) is 9.12. The molecule has 144 valence electrons. The maximum absolute atomic E-state index is 13.3. The van der Waals surface area contributed by atoms with E-state index in [1.807, 2.05) is 12.1 Å². The first-order chi connectivity index (χ1) is 12.1. The molecule has 0 aromatic heterocycles. The van der Waals surface area contributed by atoms with E-state index in [4.69, 9.17) is 0 Å². The van der Waals surface area contributed by atoms with E-state index in [0.29, 0.717) is 6.54 Å². The van der Waals surface area contributed by atoms with E-state index in [0.717, 1.165) is 45.2 Å². The molecule has 0 bridgehead atoms. The number of halogens is 2. The summed E-state index contributed by atoms with van der Waals surface area (Å²) in [6, 6.07) is 6.94. The van der Waals surface area contributed by atoms with Crippen LogP contribution in [0.5, 0.6) is 0 Å². The van der Waals surface area contributed by atoms with Crippen molar-refractivity contribution >= 4 is 18.3 Å². The highest BCUT2D eigenvalue weighted by Gasteiger charge is 2.57. The molecule has 1 saturated heterocycles. The van der Waals surface area contributed by atoms with Crippen LogP contribution in [0.3, 0.4) is 0 Å². The van der Waals surface area contributed by atoms with Gasteiger partial charge in [-0.2, -0.15) is 0 Å². The summed E-state index contributed by atoms with van der Waals surface area (Å²) in [4.78, 5) is 12.8. The fourth-order valence-corrected chi connectivity index (χ4v) is 5.17. The Kier molecular flexibility index (Phi) is 5.93. The molecule has 1 heterocycles. The van der Waals surface area contributed by atoms with Gasteiger partial charge in [-0.25, -0.2) is 4.39 Å². The molecule has 3 aliphatic rings. The summed E-state index contributed by atoms with van der Waals surface area (Å²) < 4.78 is 13.3. The van der Waals surface area contributed by atoms with Crippen LogP contribution in [-0.2, 0) is 10.2 Å². The Bertz CT molecular complexity index is 621. The van der Waals surface area contributed by atoms with Crippen LogP contribution < -0.4 is 10.6 Å². The number of piperidine rings is 1. The summed E-state index contributed by atoms with van der Waals surface area (Å²) in [5.74, 6) is 0.266. The first-order valence-corrected chi connectivity index (χ1v) is 9.88. The smallest absolute Gasteiger partial charge is 0.223 e. The van der Waals surface area contributed by atoms with E-state index in [-0.39, 0.29) is 40.9 Å². The van der Waals surface area contributed by atoms with Crippen molar-refractivity contribution in [3.05, 3.63) is 35.6 Å². The lowest BCUT2D eigenvalue weighted by molar-refractivity contribution is -0.123. The van der Waals surface area contributed by atoms with Gasteiger partial charge in [0.1, 0.15) is 5.82 Å². The SMILES string of the molecule is Cl.O=C(NCC1(c2ccc(F)cc2)CCCCC1)C1CC12CCNCC2. The molecule has 2 N–H and O–H groups in total. The van der Waals surface area contributed by atoms with Crippen LogP contribution in [-0.4, -0.2) is 25.5 Å². The molecule has 1 unspecified atom stereocenters. The Balaban J connectivity index is 0.00000196. The number of nitrogens with one attached hydrogen (secondary N) is 2. The molecule has 26 heavy (non-hydrogen) atoms. The molecule has 1 aliphatic heterocycles. The van der Waals surface area contributed by atoms with E-state index in [1.165, 1.54) is 24.8 Å². The quantitative estimate of drug-likeness (QED) is 0.830. The van der Waals surface area contributed by atoms with Crippen molar-refractivity contribution in [3.8, 4) is 0 Å². The zero-order valence-corrected chi connectivity index (χ0v) is 16.2. The van der Waals surface area contributed by atoms with E-state index >= 15 is 0 Å². The lowest BCUT2D eigenvalue weighted by Gasteiger charge is -2.38. The predicted molar refractivity (Wildman–Crippen MR) is 104 cm³/mol. The lowest BCUT2D eigenvalue weighted by atomic mass is 9.69.